The molecule has 0 N–H and O–H groups in total. The van der Waals surface area contributed by atoms with Gasteiger partial charge in [0.2, 0.25) is 0 Å². The van der Waals surface area contributed by atoms with Gasteiger partial charge in [-0.1, -0.05) is 24.8 Å². The number of aryl methyl sites for hydroxylation is 2. The van der Waals surface area contributed by atoms with Gasteiger partial charge in [-0.3, -0.25) is 0 Å². The Labute approximate surface area is 113 Å². The molecule has 0 aliphatic carbocycles. The van der Waals surface area contributed by atoms with Gasteiger partial charge in [0, 0.05) is 6.42 Å². The third-order valence-electron chi connectivity index (χ3n) is 4.09. The Morgan fingerprint density at radius 2 is 1.56 bits per heavy atom. The highest BCUT2D eigenvalue weighted by Gasteiger charge is 2.06. The fraction of sp³-hybridized carbons (Fsp3) is 0.556. The van der Waals surface area contributed by atoms with Gasteiger partial charge in [0.05, 0.1) is 0 Å². The van der Waals surface area contributed by atoms with Gasteiger partial charge in [-0.25, -0.2) is 0 Å². The molecule has 0 fully saturated rings. The van der Waals surface area contributed by atoms with Crippen LogP contribution in [-0.4, -0.2) is 0 Å². The van der Waals surface area contributed by atoms with E-state index in [1.54, 1.807) is 0 Å². The first-order chi connectivity index (χ1) is 8.57. The fourth-order valence-electron chi connectivity index (χ4n) is 2.44. The Hall–Kier alpha value is -1.22. The van der Waals surface area contributed by atoms with Crippen LogP contribution in [0, 0.1) is 40.0 Å². The molecule has 97 valence electrons. The van der Waals surface area contributed by atoms with Crippen molar-refractivity contribution in [2.75, 3.05) is 0 Å². The van der Waals surface area contributed by atoms with Crippen LogP contribution in [0.25, 0.3) is 0 Å². The van der Waals surface area contributed by atoms with E-state index in [0.29, 0.717) is 0 Å². The van der Waals surface area contributed by atoms with E-state index in [0.717, 1.165) is 12.8 Å². The molecule has 0 atom stereocenters. The predicted molar refractivity (Wildman–Crippen MR) is 79.3 cm³/mol. The Bertz CT molecular complexity index is 432. The van der Waals surface area contributed by atoms with E-state index in [4.69, 9.17) is 6.42 Å². The van der Waals surface area contributed by atoms with Crippen molar-refractivity contribution in [2.24, 2.45) is 0 Å². The Kier molecular flexibility index (Phi) is 5.99. The third kappa shape index (κ3) is 3.91. The smallest absolute Gasteiger partial charge is 0.00989 e. The van der Waals surface area contributed by atoms with Crippen LogP contribution in [0.5, 0.6) is 0 Å². The zero-order chi connectivity index (χ0) is 13.5. The molecular formula is C18H25. The zero-order valence-electron chi connectivity index (χ0n) is 12.3. The number of benzene rings is 1. The van der Waals surface area contributed by atoms with Gasteiger partial charge in [0.1, 0.15) is 0 Å². The van der Waals surface area contributed by atoms with E-state index in [2.05, 4.69) is 39.7 Å². The van der Waals surface area contributed by atoms with E-state index in [9.17, 15) is 0 Å². The largest absolute Gasteiger partial charge is 0.0891 e. The van der Waals surface area contributed by atoms with Gasteiger partial charge in [0.25, 0.3) is 0 Å². The summed E-state index contributed by atoms with van der Waals surface area (Å²) < 4.78 is 0. The summed E-state index contributed by atoms with van der Waals surface area (Å²) in [7, 11) is 0. The molecule has 0 unspecified atom stereocenters. The molecule has 0 heteroatoms. The third-order valence-corrected chi connectivity index (χ3v) is 4.09. The molecule has 0 nitrogen and oxygen atoms in total. The average Bonchev–Trinajstić information content (AvgIpc) is 2.37. The Morgan fingerprint density at radius 3 is 2.22 bits per heavy atom. The zero-order valence-corrected chi connectivity index (χ0v) is 12.3. The molecule has 0 bridgehead atoms. The SMILES string of the molecule is [C]#CCCCCCCc1cc(C)c(C)c(C)c1C. The lowest BCUT2D eigenvalue weighted by molar-refractivity contribution is 0.648. The standard InChI is InChI=1S/C18H25/c1-6-7-8-9-10-11-12-18-13-14(2)15(3)16(4)17(18)5/h13H,7-12H2,2-5H3. The van der Waals surface area contributed by atoms with Crippen LogP contribution in [0.1, 0.15) is 59.9 Å². The van der Waals surface area contributed by atoms with Crippen molar-refractivity contribution in [1.29, 1.82) is 0 Å². The van der Waals surface area contributed by atoms with E-state index in [1.165, 1.54) is 53.5 Å². The van der Waals surface area contributed by atoms with Crippen molar-refractivity contribution in [2.45, 2.75) is 66.2 Å². The fourth-order valence-corrected chi connectivity index (χ4v) is 2.44. The summed E-state index contributed by atoms with van der Waals surface area (Å²) in [6, 6.07) is 2.36. The van der Waals surface area contributed by atoms with Crippen molar-refractivity contribution in [3.05, 3.63) is 40.3 Å². The molecule has 0 spiro atoms. The number of rotatable bonds is 6. The van der Waals surface area contributed by atoms with Crippen LogP contribution in [-0.2, 0) is 6.42 Å². The molecular weight excluding hydrogens is 216 g/mol. The van der Waals surface area contributed by atoms with E-state index in [1.807, 2.05) is 0 Å². The molecule has 1 aromatic rings. The summed E-state index contributed by atoms with van der Waals surface area (Å²) in [6.45, 7) is 8.92. The van der Waals surface area contributed by atoms with Crippen LogP contribution in [0.3, 0.4) is 0 Å². The van der Waals surface area contributed by atoms with Crippen LogP contribution in [0.4, 0.5) is 0 Å². The molecule has 1 radical (unpaired) electrons. The number of unbranched alkanes of at least 4 members (excludes halogenated alkanes) is 4. The van der Waals surface area contributed by atoms with Gasteiger partial charge < -0.3 is 0 Å². The molecule has 0 aliphatic heterocycles. The molecule has 0 heterocycles. The van der Waals surface area contributed by atoms with Crippen LogP contribution < -0.4 is 0 Å². The maximum Gasteiger partial charge on any atom is 0.00989 e. The summed E-state index contributed by atoms with van der Waals surface area (Å²) >= 11 is 0. The van der Waals surface area contributed by atoms with Crippen LogP contribution in [0.15, 0.2) is 6.07 Å². The predicted octanol–water partition coefficient (Wildman–Crippen LogP) is 5.00. The molecule has 0 saturated carbocycles. The highest BCUT2D eigenvalue weighted by atomic mass is 14.1. The quantitative estimate of drug-likeness (QED) is 0.485. The molecule has 1 aromatic carbocycles. The molecule has 1 rings (SSSR count). The van der Waals surface area contributed by atoms with Crippen LogP contribution >= 0.6 is 0 Å². The first-order valence-electron chi connectivity index (χ1n) is 7.03. The average molecular weight is 241 g/mol. The first kappa shape index (κ1) is 14.8. The Morgan fingerprint density at radius 1 is 0.889 bits per heavy atom. The number of hydrogen-bond donors (Lipinski definition) is 0. The van der Waals surface area contributed by atoms with E-state index in [-0.39, 0.29) is 0 Å². The van der Waals surface area contributed by atoms with Crippen molar-refractivity contribution in [3.8, 4) is 5.92 Å². The summed E-state index contributed by atoms with van der Waals surface area (Å²) in [6.07, 6.45) is 13.8. The molecule has 0 amide bonds. The van der Waals surface area contributed by atoms with E-state index >= 15 is 0 Å². The molecule has 0 aromatic heterocycles. The minimum Gasteiger partial charge on any atom is -0.0891 e. The summed E-state index contributed by atoms with van der Waals surface area (Å²) in [5.41, 5.74) is 7.33. The highest BCUT2D eigenvalue weighted by molar-refractivity contribution is 5.43. The molecule has 0 saturated heterocycles. The lowest BCUT2D eigenvalue weighted by atomic mass is 9.92. The summed E-state index contributed by atoms with van der Waals surface area (Å²) in [4.78, 5) is 0. The summed E-state index contributed by atoms with van der Waals surface area (Å²) in [5, 5.41) is 0. The van der Waals surface area contributed by atoms with Crippen molar-refractivity contribution in [3.63, 3.8) is 0 Å². The van der Waals surface area contributed by atoms with Crippen molar-refractivity contribution >= 4 is 0 Å². The topological polar surface area (TPSA) is 0 Å². The van der Waals surface area contributed by atoms with Gasteiger partial charge in [-0.2, -0.15) is 0 Å². The molecule has 18 heavy (non-hydrogen) atoms. The summed E-state index contributed by atoms with van der Waals surface area (Å²) in [5.74, 6) is 2.46. The second-order valence-corrected chi connectivity index (χ2v) is 5.32. The maximum atomic E-state index is 6.86. The minimum absolute atomic E-state index is 0.821. The Balaban J connectivity index is 2.51. The van der Waals surface area contributed by atoms with E-state index < -0.39 is 0 Å². The van der Waals surface area contributed by atoms with Crippen LogP contribution in [0.2, 0.25) is 0 Å². The lowest BCUT2D eigenvalue weighted by Gasteiger charge is -2.14. The van der Waals surface area contributed by atoms with Crippen molar-refractivity contribution in [1.82, 2.24) is 0 Å². The monoisotopic (exact) mass is 241 g/mol. The normalized spacial score (nSPS) is 10.4. The second-order valence-electron chi connectivity index (χ2n) is 5.32. The first-order valence-corrected chi connectivity index (χ1v) is 7.03. The lowest BCUT2D eigenvalue weighted by Crippen LogP contribution is -1.98. The highest BCUT2D eigenvalue weighted by Crippen LogP contribution is 2.22. The van der Waals surface area contributed by atoms with Gasteiger partial charge >= 0.3 is 0 Å². The second kappa shape index (κ2) is 7.27. The van der Waals surface area contributed by atoms with Gasteiger partial charge in [-0.05, 0) is 81.2 Å². The van der Waals surface area contributed by atoms with Gasteiger partial charge in [0.15, 0.2) is 0 Å². The van der Waals surface area contributed by atoms with Gasteiger partial charge in [-0.15, -0.1) is 0 Å². The minimum atomic E-state index is 0.821. The molecule has 0 aliphatic rings. The number of hydrogen-bond acceptors (Lipinski definition) is 0. The van der Waals surface area contributed by atoms with Crippen molar-refractivity contribution < 1.29 is 0 Å². The maximum absolute atomic E-state index is 6.86.